The monoisotopic (exact) mass is 306 g/mol. The minimum atomic E-state index is -4.07. The number of nitrogens with zero attached hydrogens (tertiary/aromatic N) is 2. The van der Waals surface area contributed by atoms with Gasteiger partial charge in [0.1, 0.15) is 0 Å². The molecule has 2 aromatic carbocycles. The molecule has 0 aromatic heterocycles. The van der Waals surface area contributed by atoms with Crippen molar-refractivity contribution in [3.05, 3.63) is 56.6 Å². The zero-order valence-corrected chi connectivity index (χ0v) is 11.2. The molecule has 0 radical (unpaired) electrons. The highest BCUT2D eigenvalue weighted by Gasteiger charge is 2.39. The number of non-ortho nitro benzene ring substituents is 2. The highest BCUT2D eigenvalue weighted by Crippen LogP contribution is 2.50. The average Bonchev–Trinajstić information content (AvgIpc) is 2.67. The number of hydrogen-bond acceptors (Lipinski definition) is 5. The van der Waals surface area contributed by atoms with Crippen LogP contribution < -0.4 is 10.6 Å². The van der Waals surface area contributed by atoms with E-state index in [0.717, 1.165) is 12.1 Å². The Morgan fingerprint density at radius 3 is 1.57 bits per heavy atom. The lowest BCUT2D eigenvalue weighted by molar-refractivity contribution is -0.384. The maximum Gasteiger partial charge on any atom is 0.270 e. The second kappa shape index (κ2) is 4.21. The molecule has 0 aliphatic carbocycles. The van der Waals surface area contributed by atoms with Gasteiger partial charge in [0, 0.05) is 24.3 Å². The molecule has 0 amide bonds. The molecule has 1 N–H and O–H groups in total. The molecule has 21 heavy (non-hydrogen) atoms. The van der Waals surface area contributed by atoms with Crippen molar-refractivity contribution in [2.75, 3.05) is 0 Å². The van der Waals surface area contributed by atoms with Gasteiger partial charge in [-0.15, -0.1) is 0 Å². The molecule has 0 bridgehead atoms. The van der Waals surface area contributed by atoms with Crippen LogP contribution in [0.5, 0.6) is 0 Å². The van der Waals surface area contributed by atoms with Crippen molar-refractivity contribution in [1.29, 1.82) is 0 Å². The van der Waals surface area contributed by atoms with Crippen molar-refractivity contribution in [3.63, 3.8) is 0 Å². The van der Waals surface area contributed by atoms with Crippen LogP contribution >= 0.6 is 7.37 Å². The zero-order valence-electron chi connectivity index (χ0n) is 10.3. The smallest absolute Gasteiger partial charge is 0.270 e. The summed E-state index contributed by atoms with van der Waals surface area (Å²) in [6.45, 7) is 0. The fourth-order valence-electron chi connectivity index (χ4n) is 2.35. The third-order valence-corrected chi connectivity index (χ3v) is 5.37. The van der Waals surface area contributed by atoms with Crippen LogP contribution in [0.15, 0.2) is 36.4 Å². The maximum atomic E-state index is 12.5. The Morgan fingerprint density at radius 2 is 1.24 bits per heavy atom. The summed E-state index contributed by atoms with van der Waals surface area (Å²) in [5.74, 6) is 0. The van der Waals surface area contributed by atoms with Crippen molar-refractivity contribution in [2.24, 2.45) is 0 Å². The van der Waals surface area contributed by atoms with Crippen molar-refractivity contribution < 1.29 is 19.3 Å². The largest absolute Gasteiger partial charge is 0.338 e. The molecule has 8 nitrogen and oxygen atoms in total. The van der Waals surface area contributed by atoms with Gasteiger partial charge in [-0.1, -0.05) is 0 Å². The summed E-state index contributed by atoms with van der Waals surface area (Å²) in [7, 11) is -4.07. The van der Waals surface area contributed by atoms with E-state index in [9.17, 15) is 29.7 Å². The molecule has 0 unspecified atom stereocenters. The first-order valence-electron chi connectivity index (χ1n) is 5.73. The minimum Gasteiger partial charge on any atom is -0.338 e. The number of rotatable bonds is 2. The maximum absolute atomic E-state index is 12.5. The van der Waals surface area contributed by atoms with Gasteiger partial charge < -0.3 is 4.89 Å². The van der Waals surface area contributed by atoms with E-state index < -0.39 is 17.2 Å². The Hall–Kier alpha value is -2.57. The molecule has 1 aliphatic rings. The van der Waals surface area contributed by atoms with Crippen LogP contribution in [-0.4, -0.2) is 14.7 Å². The highest BCUT2D eigenvalue weighted by atomic mass is 31.2. The van der Waals surface area contributed by atoms with Crippen LogP contribution in [0, 0.1) is 20.2 Å². The molecule has 0 spiro atoms. The summed E-state index contributed by atoms with van der Waals surface area (Å²) in [6.07, 6.45) is 0. The van der Waals surface area contributed by atoms with E-state index in [0.29, 0.717) is 11.1 Å². The number of nitro groups is 2. The van der Waals surface area contributed by atoms with Crippen LogP contribution in [0.25, 0.3) is 11.1 Å². The predicted molar refractivity (Wildman–Crippen MR) is 74.3 cm³/mol. The normalized spacial score (nSPS) is 14.3. The molecule has 1 heterocycles. The molecular formula is C12H7N2O6P. The van der Waals surface area contributed by atoms with E-state index in [1.54, 1.807) is 0 Å². The summed E-state index contributed by atoms with van der Waals surface area (Å²) < 4.78 is 12.5. The topological polar surface area (TPSA) is 124 Å². The van der Waals surface area contributed by atoms with Gasteiger partial charge in [0.25, 0.3) is 18.7 Å². The molecule has 0 fully saturated rings. The Kier molecular flexibility index (Phi) is 2.69. The Bertz CT molecular complexity index is 795. The molecule has 3 rings (SSSR count). The van der Waals surface area contributed by atoms with Crippen molar-refractivity contribution in [3.8, 4) is 11.1 Å². The van der Waals surface area contributed by atoms with Crippen LogP contribution in [-0.2, 0) is 4.57 Å². The van der Waals surface area contributed by atoms with Gasteiger partial charge in [-0.25, -0.2) is 0 Å². The summed E-state index contributed by atoms with van der Waals surface area (Å²) in [4.78, 5) is 30.4. The number of fused-ring (bicyclic) bond motifs is 3. The third-order valence-electron chi connectivity index (χ3n) is 3.33. The second-order valence-corrected chi connectivity index (χ2v) is 6.61. The summed E-state index contributed by atoms with van der Waals surface area (Å²) in [5.41, 5.74) is 0.170. The Morgan fingerprint density at radius 1 is 0.857 bits per heavy atom. The summed E-state index contributed by atoms with van der Waals surface area (Å²) in [5, 5.41) is 21.4. The lowest BCUT2D eigenvalue weighted by Crippen LogP contribution is -2.10. The molecule has 106 valence electrons. The SMILES string of the molecule is O=[N+]([O-])c1ccc2c(c1)P(=O)(O)c1cc([N+](=O)[O-])ccc1-2. The van der Waals surface area contributed by atoms with Crippen molar-refractivity contribution in [1.82, 2.24) is 0 Å². The van der Waals surface area contributed by atoms with Gasteiger partial charge >= 0.3 is 0 Å². The van der Waals surface area contributed by atoms with Gasteiger partial charge in [-0.2, -0.15) is 0 Å². The van der Waals surface area contributed by atoms with Crippen LogP contribution in [0.4, 0.5) is 11.4 Å². The number of nitro benzene ring substituents is 2. The number of hydrogen-bond donors (Lipinski definition) is 1. The molecule has 0 saturated carbocycles. The molecule has 0 saturated heterocycles. The standard InChI is InChI=1S/C12H7N2O6P/c15-13(16)7-1-3-9-10-4-2-8(14(17)18)6-12(10)21(19,20)11(9)5-7/h1-6H,(H,19,20). The van der Waals surface area contributed by atoms with E-state index in [-0.39, 0.29) is 22.0 Å². The van der Waals surface area contributed by atoms with Gasteiger partial charge in [-0.3, -0.25) is 24.8 Å². The van der Waals surface area contributed by atoms with Gasteiger partial charge in [0.2, 0.25) is 0 Å². The minimum absolute atomic E-state index is 0.0628. The van der Waals surface area contributed by atoms with E-state index in [4.69, 9.17) is 0 Å². The quantitative estimate of drug-likeness (QED) is 0.511. The van der Waals surface area contributed by atoms with Gasteiger partial charge in [-0.05, 0) is 23.3 Å². The first-order chi connectivity index (χ1) is 9.82. The highest BCUT2D eigenvalue weighted by molar-refractivity contribution is 7.74. The predicted octanol–water partition coefficient (Wildman–Crippen LogP) is 1.70. The van der Waals surface area contributed by atoms with E-state index >= 15 is 0 Å². The first kappa shape index (κ1) is 13.4. The second-order valence-electron chi connectivity index (χ2n) is 4.49. The fourth-order valence-corrected chi connectivity index (χ4v) is 4.27. The van der Waals surface area contributed by atoms with Gasteiger partial charge in [0.15, 0.2) is 0 Å². The lowest BCUT2D eigenvalue weighted by Gasteiger charge is -2.05. The van der Waals surface area contributed by atoms with E-state index in [1.807, 2.05) is 0 Å². The van der Waals surface area contributed by atoms with Gasteiger partial charge in [0.05, 0.1) is 20.5 Å². The Labute approximate surface area is 117 Å². The molecule has 0 atom stereocenters. The average molecular weight is 306 g/mol. The summed E-state index contributed by atoms with van der Waals surface area (Å²) in [6, 6.07) is 7.32. The van der Waals surface area contributed by atoms with Crippen LogP contribution in [0.2, 0.25) is 0 Å². The number of benzene rings is 2. The summed E-state index contributed by atoms with van der Waals surface area (Å²) >= 11 is 0. The van der Waals surface area contributed by atoms with Crippen molar-refractivity contribution >= 4 is 29.4 Å². The fraction of sp³-hybridized carbons (Fsp3) is 0. The first-order valence-corrected chi connectivity index (χ1v) is 7.39. The third kappa shape index (κ3) is 1.84. The van der Waals surface area contributed by atoms with Crippen molar-refractivity contribution in [2.45, 2.75) is 0 Å². The molecule has 2 aromatic rings. The van der Waals surface area contributed by atoms with E-state index in [2.05, 4.69) is 0 Å². The molecular weight excluding hydrogens is 299 g/mol. The van der Waals surface area contributed by atoms with Crippen LogP contribution in [0.1, 0.15) is 0 Å². The zero-order chi connectivity index (χ0) is 15.4. The van der Waals surface area contributed by atoms with Crippen LogP contribution in [0.3, 0.4) is 0 Å². The van der Waals surface area contributed by atoms with E-state index in [1.165, 1.54) is 24.3 Å². The Balaban J connectivity index is 2.29. The lowest BCUT2D eigenvalue weighted by atomic mass is 10.1. The molecule has 9 heteroatoms. The molecule has 1 aliphatic heterocycles.